The number of methoxy groups -OCH3 is 2. The van der Waals surface area contributed by atoms with Crippen molar-refractivity contribution in [1.29, 1.82) is 0 Å². The first-order valence-electron chi connectivity index (χ1n) is 10.6. The van der Waals surface area contributed by atoms with E-state index < -0.39 is 16.0 Å². The number of anilines is 1. The number of aromatic carboxylic acids is 1. The lowest BCUT2D eigenvalue weighted by Gasteiger charge is -2.19. The Balaban J connectivity index is 1.81. The zero-order chi connectivity index (χ0) is 24.7. The van der Waals surface area contributed by atoms with Crippen molar-refractivity contribution in [1.82, 2.24) is 4.72 Å². The van der Waals surface area contributed by atoms with Crippen molar-refractivity contribution in [2.24, 2.45) is 0 Å². The van der Waals surface area contributed by atoms with Crippen molar-refractivity contribution in [2.75, 3.05) is 26.1 Å². The number of hydrogen-bond acceptors (Lipinski definition) is 6. The van der Waals surface area contributed by atoms with Gasteiger partial charge in [0.05, 0.1) is 25.5 Å². The van der Waals surface area contributed by atoms with E-state index in [9.17, 15) is 18.3 Å². The predicted octanol–water partition coefficient (Wildman–Crippen LogP) is 4.10. The van der Waals surface area contributed by atoms with Gasteiger partial charge in [0.15, 0.2) is 11.5 Å². The third-order valence-electron chi connectivity index (χ3n) is 5.34. The molecule has 0 unspecified atom stereocenters. The summed E-state index contributed by atoms with van der Waals surface area (Å²) in [5.74, 6) is -0.0663. The minimum Gasteiger partial charge on any atom is -0.493 e. The van der Waals surface area contributed by atoms with Gasteiger partial charge < -0.3 is 19.9 Å². The smallest absolute Gasteiger partial charge is 0.335 e. The van der Waals surface area contributed by atoms with E-state index in [1.54, 1.807) is 19.2 Å². The second kappa shape index (κ2) is 11.0. The van der Waals surface area contributed by atoms with Crippen molar-refractivity contribution in [3.8, 4) is 11.5 Å². The summed E-state index contributed by atoms with van der Waals surface area (Å²) < 4.78 is 39.4. The molecule has 1 atom stereocenters. The topological polar surface area (TPSA) is 114 Å². The molecule has 0 spiro atoms. The molecular weight excluding hydrogens is 456 g/mol. The molecule has 0 aliphatic heterocycles. The Kier molecular flexibility index (Phi) is 8.14. The molecule has 3 rings (SSSR count). The van der Waals surface area contributed by atoms with E-state index in [4.69, 9.17) is 9.47 Å². The van der Waals surface area contributed by atoms with E-state index in [2.05, 4.69) is 10.0 Å². The fraction of sp³-hybridized carbons (Fsp3) is 0.240. The molecule has 3 aromatic carbocycles. The van der Waals surface area contributed by atoms with Gasteiger partial charge in [-0.1, -0.05) is 36.4 Å². The molecule has 0 aliphatic carbocycles. The highest BCUT2D eigenvalue weighted by Crippen LogP contribution is 2.29. The highest BCUT2D eigenvalue weighted by Gasteiger charge is 2.22. The third-order valence-corrected chi connectivity index (χ3v) is 6.84. The maximum absolute atomic E-state index is 13.2. The van der Waals surface area contributed by atoms with Gasteiger partial charge in [-0.25, -0.2) is 17.9 Å². The van der Waals surface area contributed by atoms with Crippen LogP contribution in [0, 0.1) is 0 Å². The zero-order valence-corrected chi connectivity index (χ0v) is 20.1. The van der Waals surface area contributed by atoms with Crippen molar-refractivity contribution in [3.63, 3.8) is 0 Å². The molecule has 9 heteroatoms. The fourth-order valence-corrected chi connectivity index (χ4v) is 4.72. The third kappa shape index (κ3) is 6.06. The fourth-order valence-electron chi connectivity index (χ4n) is 3.50. The van der Waals surface area contributed by atoms with Crippen molar-refractivity contribution in [2.45, 2.75) is 24.3 Å². The van der Waals surface area contributed by atoms with Crippen molar-refractivity contribution >= 4 is 21.7 Å². The summed E-state index contributed by atoms with van der Waals surface area (Å²) in [7, 11) is -0.930. The number of benzene rings is 3. The summed E-state index contributed by atoms with van der Waals surface area (Å²) in [4.78, 5) is 11.4. The Bertz CT molecular complexity index is 1250. The number of hydrogen-bond donors (Lipinski definition) is 3. The van der Waals surface area contributed by atoms with Gasteiger partial charge in [-0.05, 0) is 54.8 Å². The lowest BCUT2D eigenvalue weighted by Crippen LogP contribution is -2.27. The quantitative estimate of drug-likeness (QED) is 0.375. The van der Waals surface area contributed by atoms with Gasteiger partial charge in [-0.2, -0.15) is 0 Å². The number of carboxylic acid groups (broad SMARTS) is 1. The summed E-state index contributed by atoms with van der Waals surface area (Å²) in [6, 6.07) is 18.8. The average molecular weight is 485 g/mol. The molecule has 0 fully saturated rings. The number of ether oxygens (including phenoxy) is 2. The highest BCUT2D eigenvalue weighted by atomic mass is 32.2. The van der Waals surface area contributed by atoms with E-state index in [1.165, 1.54) is 25.3 Å². The molecule has 8 nitrogen and oxygen atoms in total. The first-order chi connectivity index (χ1) is 16.2. The van der Waals surface area contributed by atoms with Crippen LogP contribution in [0.2, 0.25) is 0 Å². The molecule has 0 radical (unpaired) electrons. The Labute approximate surface area is 199 Å². The van der Waals surface area contributed by atoms with Crippen molar-refractivity contribution in [3.05, 3.63) is 83.4 Å². The van der Waals surface area contributed by atoms with Crippen molar-refractivity contribution < 1.29 is 27.8 Å². The van der Waals surface area contributed by atoms with E-state index in [-0.39, 0.29) is 23.0 Å². The lowest BCUT2D eigenvalue weighted by atomic mass is 10.1. The Morgan fingerprint density at radius 1 is 0.971 bits per heavy atom. The molecule has 0 amide bonds. The molecule has 3 N–H and O–H groups in total. The summed E-state index contributed by atoms with van der Waals surface area (Å²) in [6.45, 7) is 2.02. The standard InChI is InChI=1S/C25H28N2O6S/c1-17(19-7-5-4-6-8-19)27-21-11-10-20(25(28)29)16-24(21)34(30,31)26-14-13-18-9-12-22(32-2)23(15-18)33-3/h4-12,15-17,26-27H,13-14H2,1-3H3,(H,28,29)/t17-/m0/s1. The van der Waals surface area contributed by atoms with Gasteiger partial charge in [0.25, 0.3) is 0 Å². The van der Waals surface area contributed by atoms with E-state index in [0.29, 0.717) is 23.6 Å². The van der Waals surface area contributed by atoms with Crippen LogP contribution in [-0.2, 0) is 16.4 Å². The van der Waals surface area contributed by atoms with E-state index in [0.717, 1.165) is 11.1 Å². The van der Waals surface area contributed by atoms with Crippen LogP contribution in [0.1, 0.15) is 34.5 Å². The van der Waals surface area contributed by atoms with Gasteiger partial charge in [0.1, 0.15) is 4.90 Å². The summed E-state index contributed by atoms with van der Waals surface area (Å²) >= 11 is 0. The van der Waals surface area contributed by atoms with Crippen LogP contribution in [-0.4, -0.2) is 40.3 Å². The minimum atomic E-state index is -4.01. The largest absolute Gasteiger partial charge is 0.493 e. The molecule has 0 bridgehead atoms. The predicted molar refractivity (Wildman–Crippen MR) is 130 cm³/mol. The maximum Gasteiger partial charge on any atom is 0.335 e. The average Bonchev–Trinajstić information content (AvgIpc) is 2.84. The molecule has 0 heterocycles. The summed E-state index contributed by atoms with van der Waals surface area (Å²) in [5, 5.41) is 12.6. The lowest BCUT2D eigenvalue weighted by molar-refractivity contribution is 0.0696. The number of rotatable bonds is 11. The van der Waals surface area contributed by atoms with E-state index >= 15 is 0 Å². The molecule has 0 saturated heterocycles. The van der Waals surface area contributed by atoms with Gasteiger partial charge in [-0.15, -0.1) is 0 Å². The van der Waals surface area contributed by atoms with Crippen LogP contribution in [0.4, 0.5) is 5.69 Å². The van der Waals surface area contributed by atoms with Gasteiger partial charge in [0, 0.05) is 12.6 Å². The number of carbonyl (C=O) groups is 1. The van der Waals surface area contributed by atoms with Gasteiger partial charge >= 0.3 is 5.97 Å². The number of sulfonamides is 1. The molecule has 3 aromatic rings. The van der Waals surface area contributed by atoms with Crippen LogP contribution in [0.15, 0.2) is 71.6 Å². The Morgan fingerprint density at radius 3 is 2.32 bits per heavy atom. The Hall–Kier alpha value is -3.56. The molecular formula is C25H28N2O6S. The van der Waals surface area contributed by atoms with E-state index in [1.807, 2.05) is 43.3 Å². The van der Waals surface area contributed by atoms with Crippen LogP contribution in [0.5, 0.6) is 11.5 Å². The normalized spacial score (nSPS) is 12.1. The summed E-state index contributed by atoms with van der Waals surface area (Å²) in [6.07, 6.45) is 0.404. The second-order valence-corrected chi connectivity index (χ2v) is 9.37. The van der Waals surface area contributed by atoms with Gasteiger partial charge in [0.2, 0.25) is 10.0 Å². The van der Waals surface area contributed by atoms with Crippen LogP contribution < -0.4 is 19.5 Å². The first kappa shape index (κ1) is 25.1. The minimum absolute atomic E-state index is 0.113. The van der Waals surface area contributed by atoms with Gasteiger partial charge in [-0.3, -0.25) is 0 Å². The maximum atomic E-state index is 13.2. The SMILES string of the molecule is COc1ccc(CCNS(=O)(=O)c2cc(C(=O)O)ccc2N[C@@H](C)c2ccccc2)cc1OC. The van der Waals surface area contributed by atoms with Crippen LogP contribution in [0.3, 0.4) is 0 Å². The Morgan fingerprint density at radius 2 is 1.68 bits per heavy atom. The van der Waals surface area contributed by atoms with Crippen LogP contribution >= 0.6 is 0 Å². The molecule has 0 aliphatic rings. The second-order valence-electron chi connectivity index (χ2n) is 7.63. The highest BCUT2D eigenvalue weighted by molar-refractivity contribution is 7.89. The first-order valence-corrected chi connectivity index (χ1v) is 12.1. The summed E-state index contributed by atoms with van der Waals surface area (Å²) in [5.41, 5.74) is 2.03. The number of carboxylic acids is 1. The molecule has 0 aromatic heterocycles. The van der Waals surface area contributed by atoms with Crippen LogP contribution in [0.25, 0.3) is 0 Å². The zero-order valence-electron chi connectivity index (χ0n) is 19.2. The monoisotopic (exact) mass is 484 g/mol. The molecule has 180 valence electrons. The number of nitrogens with one attached hydrogen (secondary N) is 2. The molecule has 0 saturated carbocycles. The molecule has 34 heavy (non-hydrogen) atoms.